The molecule has 0 amide bonds. The lowest BCUT2D eigenvalue weighted by atomic mass is 9.90. The molecule has 0 N–H and O–H groups in total. The molecule has 1 nitrogen and oxygen atoms in total. The van der Waals surface area contributed by atoms with Crippen LogP contribution < -0.4 is 4.90 Å². The van der Waals surface area contributed by atoms with Crippen molar-refractivity contribution >= 4 is 11.4 Å². The van der Waals surface area contributed by atoms with Crippen LogP contribution in [0.3, 0.4) is 0 Å². The summed E-state index contributed by atoms with van der Waals surface area (Å²) in [4.78, 5) is 2.48. The Kier molecular flexibility index (Phi) is 4.47. The molecule has 1 heterocycles. The molecule has 148 valence electrons. The Morgan fingerprint density at radius 3 is 1.90 bits per heavy atom. The number of hydrogen-bond acceptors (Lipinski definition) is 1. The summed E-state index contributed by atoms with van der Waals surface area (Å²) >= 11 is 0. The van der Waals surface area contributed by atoms with Crippen LogP contribution in [0.4, 0.5) is 11.4 Å². The van der Waals surface area contributed by atoms with E-state index in [9.17, 15) is 0 Å². The molecular weight excluding hydrogens is 362 g/mol. The van der Waals surface area contributed by atoms with Gasteiger partial charge in [0.25, 0.3) is 0 Å². The van der Waals surface area contributed by atoms with Gasteiger partial charge in [0.15, 0.2) is 0 Å². The van der Waals surface area contributed by atoms with Crippen LogP contribution in [0, 0.1) is 27.7 Å². The largest absolute Gasteiger partial charge is 0.336 e. The van der Waals surface area contributed by atoms with Crippen LogP contribution in [0.15, 0.2) is 78.9 Å². The van der Waals surface area contributed by atoms with Crippen LogP contribution in [0.5, 0.6) is 0 Å². The first-order chi connectivity index (χ1) is 14.5. The minimum atomic E-state index is 0.891. The molecule has 0 fully saturated rings. The second-order valence-electron chi connectivity index (χ2n) is 8.70. The van der Waals surface area contributed by atoms with Crippen LogP contribution in [0.25, 0.3) is 22.3 Å². The Balaban J connectivity index is 1.72. The molecule has 0 aliphatic carbocycles. The minimum absolute atomic E-state index is 0.891. The third kappa shape index (κ3) is 3.31. The van der Waals surface area contributed by atoms with Crippen molar-refractivity contribution in [3.63, 3.8) is 0 Å². The normalized spacial score (nSPS) is 12.5. The summed E-state index contributed by atoms with van der Waals surface area (Å²) in [6.07, 6.45) is 0. The van der Waals surface area contributed by atoms with E-state index in [-0.39, 0.29) is 0 Å². The number of nitrogens with zero attached hydrogens (tertiary/aromatic N) is 1. The van der Waals surface area contributed by atoms with E-state index in [0.29, 0.717) is 0 Å². The topological polar surface area (TPSA) is 3.24 Å². The number of rotatable bonds is 2. The Labute approximate surface area is 179 Å². The molecule has 1 heteroatoms. The fraction of sp³-hybridized carbons (Fsp3) is 0.172. The first-order valence-electron chi connectivity index (χ1n) is 10.6. The minimum Gasteiger partial charge on any atom is -0.336 e. The predicted octanol–water partition coefficient (Wildman–Crippen LogP) is 7.91. The van der Waals surface area contributed by atoms with Crippen molar-refractivity contribution in [2.75, 3.05) is 4.90 Å². The Morgan fingerprint density at radius 1 is 0.567 bits per heavy atom. The zero-order valence-electron chi connectivity index (χ0n) is 18.2. The summed E-state index contributed by atoms with van der Waals surface area (Å²) in [6.45, 7) is 9.60. The Morgan fingerprint density at radius 2 is 1.20 bits per heavy atom. The van der Waals surface area contributed by atoms with Crippen LogP contribution >= 0.6 is 0 Å². The molecule has 1 aliphatic rings. The van der Waals surface area contributed by atoms with E-state index in [4.69, 9.17) is 0 Å². The molecule has 0 radical (unpaired) electrons. The number of fused-ring (bicyclic) bond motifs is 3. The number of anilines is 2. The smallest absolute Gasteiger partial charge is 0.0499 e. The van der Waals surface area contributed by atoms with Crippen molar-refractivity contribution in [3.8, 4) is 22.3 Å². The van der Waals surface area contributed by atoms with Gasteiger partial charge in [0.2, 0.25) is 0 Å². The van der Waals surface area contributed by atoms with Crippen molar-refractivity contribution in [1.82, 2.24) is 0 Å². The average molecular weight is 390 g/mol. The number of aryl methyl sites for hydroxylation is 4. The van der Waals surface area contributed by atoms with E-state index in [2.05, 4.69) is 111 Å². The van der Waals surface area contributed by atoms with Gasteiger partial charge >= 0.3 is 0 Å². The number of hydrogen-bond donors (Lipinski definition) is 0. The molecule has 1 aliphatic heterocycles. The van der Waals surface area contributed by atoms with Crippen LogP contribution in [-0.4, -0.2) is 0 Å². The maximum absolute atomic E-state index is 2.48. The van der Waals surface area contributed by atoms with Gasteiger partial charge in [0, 0.05) is 23.5 Å². The summed E-state index contributed by atoms with van der Waals surface area (Å²) in [7, 11) is 0. The monoisotopic (exact) mass is 389 g/mol. The van der Waals surface area contributed by atoms with Gasteiger partial charge in [-0.1, -0.05) is 71.8 Å². The van der Waals surface area contributed by atoms with Crippen molar-refractivity contribution < 1.29 is 0 Å². The standard InChI is InChI=1S/C29H27N/c1-19-11-20(2)14-25(13-19)23-9-10-28-27-8-6-5-7-24(27)18-30(29(28)17-23)26-15-21(3)12-22(4)16-26/h5-17H,18H2,1-4H3. The molecule has 0 spiro atoms. The first kappa shape index (κ1) is 18.7. The predicted molar refractivity (Wildman–Crippen MR) is 129 cm³/mol. The van der Waals surface area contributed by atoms with Crippen molar-refractivity contribution in [1.29, 1.82) is 0 Å². The summed E-state index contributed by atoms with van der Waals surface area (Å²) in [5.74, 6) is 0. The molecule has 0 atom stereocenters. The van der Waals surface area contributed by atoms with Gasteiger partial charge in [-0.25, -0.2) is 0 Å². The van der Waals surface area contributed by atoms with Gasteiger partial charge in [-0.05, 0) is 79.3 Å². The van der Waals surface area contributed by atoms with E-state index in [1.807, 2.05) is 0 Å². The molecule has 0 saturated heterocycles. The molecule has 4 aromatic carbocycles. The maximum Gasteiger partial charge on any atom is 0.0499 e. The second kappa shape index (κ2) is 7.18. The van der Waals surface area contributed by atoms with E-state index in [1.165, 1.54) is 61.4 Å². The van der Waals surface area contributed by atoms with Crippen molar-refractivity contribution in [2.45, 2.75) is 34.2 Å². The molecule has 0 saturated carbocycles. The van der Waals surface area contributed by atoms with Gasteiger partial charge in [-0.3, -0.25) is 0 Å². The molecular formula is C29H27N. The van der Waals surface area contributed by atoms with E-state index < -0.39 is 0 Å². The molecule has 5 rings (SSSR count). The average Bonchev–Trinajstić information content (AvgIpc) is 2.71. The highest BCUT2D eigenvalue weighted by Gasteiger charge is 2.23. The molecule has 0 aromatic heterocycles. The number of benzene rings is 4. The molecule has 0 bridgehead atoms. The summed E-state index contributed by atoms with van der Waals surface area (Å²) < 4.78 is 0. The van der Waals surface area contributed by atoms with Crippen molar-refractivity contribution in [2.24, 2.45) is 0 Å². The SMILES string of the molecule is Cc1cc(C)cc(-c2ccc3c(c2)N(c2cc(C)cc(C)c2)Cc2ccccc2-3)c1. The van der Waals surface area contributed by atoms with Crippen LogP contribution in [0.1, 0.15) is 27.8 Å². The van der Waals surface area contributed by atoms with Gasteiger partial charge in [0.1, 0.15) is 0 Å². The molecule has 0 unspecified atom stereocenters. The van der Waals surface area contributed by atoms with E-state index in [1.54, 1.807) is 0 Å². The van der Waals surface area contributed by atoms with Crippen molar-refractivity contribution in [3.05, 3.63) is 107 Å². The zero-order valence-corrected chi connectivity index (χ0v) is 18.2. The van der Waals surface area contributed by atoms with Gasteiger partial charge in [0.05, 0.1) is 0 Å². The van der Waals surface area contributed by atoms with Gasteiger partial charge < -0.3 is 4.90 Å². The van der Waals surface area contributed by atoms with E-state index >= 15 is 0 Å². The lowest BCUT2D eigenvalue weighted by Crippen LogP contribution is -2.21. The lowest BCUT2D eigenvalue weighted by molar-refractivity contribution is 0.959. The lowest BCUT2D eigenvalue weighted by Gasteiger charge is -2.34. The zero-order chi connectivity index (χ0) is 20.8. The van der Waals surface area contributed by atoms with Crippen LogP contribution in [-0.2, 0) is 6.54 Å². The highest BCUT2D eigenvalue weighted by Crippen LogP contribution is 2.44. The summed E-state index contributed by atoms with van der Waals surface area (Å²) in [6, 6.07) is 29.4. The molecule has 4 aromatic rings. The first-order valence-corrected chi connectivity index (χ1v) is 10.6. The third-order valence-corrected chi connectivity index (χ3v) is 6.00. The van der Waals surface area contributed by atoms with Crippen LogP contribution in [0.2, 0.25) is 0 Å². The highest BCUT2D eigenvalue weighted by atomic mass is 15.1. The fourth-order valence-electron chi connectivity index (χ4n) is 4.82. The van der Waals surface area contributed by atoms with E-state index in [0.717, 1.165) is 6.54 Å². The fourth-order valence-corrected chi connectivity index (χ4v) is 4.82. The summed E-state index contributed by atoms with van der Waals surface area (Å²) in [5.41, 5.74) is 14.4. The summed E-state index contributed by atoms with van der Waals surface area (Å²) in [5, 5.41) is 0. The second-order valence-corrected chi connectivity index (χ2v) is 8.70. The quantitative estimate of drug-likeness (QED) is 0.337. The third-order valence-electron chi connectivity index (χ3n) is 6.00. The Hall–Kier alpha value is -3.32. The Bertz CT molecular complexity index is 1220. The molecule has 30 heavy (non-hydrogen) atoms. The van der Waals surface area contributed by atoms with Gasteiger partial charge in [-0.2, -0.15) is 0 Å². The van der Waals surface area contributed by atoms with Gasteiger partial charge in [-0.15, -0.1) is 0 Å². The maximum atomic E-state index is 2.48. The highest BCUT2D eigenvalue weighted by molar-refractivity contribution is 5.90.